The Morgan fingerprint density at radius 3 is 2.83 bits per heavy atom. The molecule has 0 aliphatic rings. The highest BCUT2D eigenvalue weighted by Crippen LogP contribution is 2.20. The fourth-order valence-electron chi connectivity index (χ4n) is 1.36. The maximum Gasteiger partial charge on any atom is 0.289 e. The number of hydrogen-bond acceptors (Lipinski definition) is 5. The molecule has 94 valence electrons. The van der Waals surface area contributed by atoms with E-state index in [4.69, 9.17) is 0 Å². The Balaban J connectivity index is 2.23. The zero-order valence-corrected chi connectivity index (χ0v) is 10.7. The van der Waals surface area contributed by atoms with Gasteiger partial charge in [-0.05, 0) is 18.2 Å². The van der Waals surface area contributed by atoms with E-state index >= 15 is 0 Å². The molecule has 0 fully saturated rings. The lowest BCUT2D eigenvalue weighted by Gasteiger charge is -2.15. The van der Waals surface area contributed by atoms with E-state index in [1.54, 1.807) is 26.2 Å². The van der Waals surface area contributed by atoms with Crippen LogP contribution >= 0.6 is 11.3 Å². The standard InChI is InChI=1S/C11H11FN4OS/c1-13-11-15-14-9(18-11)10(17)16(2)8-5-3-4-7(12)6-8/h3-6H,1-2H3,(H,13,15). The zero-order chi connectivity index (χ0) is 13.1. The molecule has 7 heteroatoms. The van der Waals surface area contributed by atoms with E-state index in [0.717, 1.165) is 11.3 Å². The van der Waals surface area contributed by atoms with Gasteiger partial charge in [-0.1, -0.05) is 17.4 Å². The first kappa shape index (κ1) is 12.4. The van der Waals surface area contributed by atoms with Crippen LogP contribution in [0.3, 0.4) is 0 Å². The van der Waals surface area contributed by atoms with Crippen LogP contribution in [-0.2, 0) is 0 Å². The van der Waals surface area contributed by atoms with E-state index in [1.165, 1.54) is 17.0 Å². The summed E-state index contributed by atoms with van der Waals surface area (Å²) in [4.78, 5) is 13.4. The van der Waals surface area contributed by atoms with Gasteiger partial charge >= 0.3 is 0 Å². The number of nitrogens with zero attached hydrogens (tertiary/aromatic N) is 3. The van der Waals surface area contributed by atoms with E-state index in [0.29, 0.717) is 10.8 Å². The number of benzene rings is 1. The van der Waals surface area contributed by atoms with Gasteiger partial charge in [0.1, 0.15) is 5.82 Å². The summed E-state index contributed by atoms with van der Waals surface area (Å²) >= 11 is 1.15. The minimum atomic E-state index is -0.389. The molecule has 18 heavy (non-hydrogen) atoms. The number of carbonyl (C=O) groups excluding carboxylic acids is 1. The quantitative estimate of drug-likeness (QED) is 0.923. The first-order valence-corrected chi connectivity index (χ1v) is 5.98. The number of halogens is 1. The molecule has 0 saturated heterocycles. The number of nitrogens with one attached hydrogen (secondary N) is 1. The molecule has 0 aliphatic carbocycles. The van der Waals surface area contributed by atoms with Gasteiger partial charge in [0.05, 0.1) is 0 Å². The number of aromatic nitrogens is 2. The predicted molar refractivity (Wildman–Crippen MR) is 68.6 cm³/mol. The molecule has 1 amide bonds. The van der Waals surface area contributed by atoms with Gasteiger partial charge in [0, 0.05) is 19.8 Å². The molecule has 1 heterocycles. The normalized spacial score (nSPS) is 10.2. The lowest BCUT2D eigenvalue weighted by Crippen LogP contribution is -2.26. The van der Waals surface area contributed by atoms with Crippen molar-refractivity contribution in [1.29, 1.82) is 0 Å². The maximum absolute atomic E-state index is 13.1. The van der Waals surface area contributed by atoms with Gasteiger partial charge in [-0.3, -0.25) is 4.79 Å². The fraction of sp³-hybridized carbons (Fsp3) is 0.182. The maximum atomic E-state index is 13.1. The molecule has 2 aromatic rings. The monoisotopic (exact) mass is 266 g/mol. The molecule has 0 saturated carbocycles. The van der Waals surface area contributed by atoms with Crippen molar-refractivity contribution < 1.29 is 9.18 Å². The third-order valence-corrected chi connectivity index (χ3v) is 3.25. The number of carbonyl (C=O) groups is 1. The Labute approximate surface area is 107 Å². The molecule has 5 nitrogen and oxygen atoms in total. The van der Waals surface area contributed by atoms with Crippen molar-refractivity contribution >= 4 is 28.1 Å². The number of rotatable bonds is 3. The van der Waals surface area contributed by atoms with Crippen LogP contribution in [0.15, 0.2) is 24.3 Å². The molecule has 0 unspecified atom stereocenters. The smallest absolute Gasteiger partial charge is 0.289 e. The second-order valence-corrected chi connectivity index (χ2v) is 4.48. The number of amides is 1. The predicted octanol–water partition coefficient (Wildman–Crippen LogP) is 2.00. The number of anilines is 2. The first-order valence-electron chi connectivity index (χ1n) is 5.16. The van der Waals surface area contributed by atoms with Gasteiger partial charge in [0.15, 0.2) is 0 Å². The molecular formula is C11H11FN4OS. The summed E-state index contributed by atoms with van der Waals surface area (Å²) < 4.78 is 13.1. The molecule has 1 aromatic carbocycles. The van der Waals surface area contributed by atoms with Crippen LogP contribution in [0.25, 0.3) is 0 Å². The van der Waals surface area contributed by atoms with Crippen molar-refractivity contribution in [3.63, 3.8) is 0 Å². The van der Waals surface area contributed by atoms with Gasteiger partial charge in [0.25, 0.3) is 5.91 Å². The van der Waals surface area contributed by atoms with Crippen LogP contribution in [0.5, 0.6) is 0 Å². The van der Waals surface area contributed by atoms with Crippen molar-refractivity contribution in [2.75, 3.05) is 24.3 Å². The van der Waals surface area contributed by atoms with E-state index < -0.39 is 0 Å². The van der Waals surface area contributed by atoms with Crippen molar-refractivity contribution in [2.24, 2.45) is 0 Å². The summed E-state index contributed by atoms with van der Waals surface area (Å²) in [5.74, 6) is -0.708. The van der Waals surface area contributed by atoms with Crippen molar-refractivity contribution in [2.45, 2.75) is 0 Å². The Bertz CT molecular complexity index is 572. The van der Waals surface area contributed by atoms with Crippen molar-refractivity contribution in [3.05, 3.63) is 35.1 Å². The highest BCUT2D eigenvalue weighted by atomic mass is 32.1. The molecule has 0 spiro atoms. The minimum absolute atomic E-state index is 0.256. The topological polar surface area (TPSA) is 58.1 Å². The van der Waals surface area contributed by atoms with Crippen molar-refractivity contribution in [1.82, 2.24) is 10.2 Å². The lowest BCUT2D eigenvalue weighted by atomic mass is 10.3. The van der Waals surface area contributed by atoms with Crippen LogP contribution in [0.4, 0.5) is 15.2 Å². The lowest BCUT2D eigenvalue weighted by molar-refractivity contribution is 0.0992. The van der Waals surface area contributed by atoms with Crippen molar-refractivity contribution in [3.8, 4) is 0 Å². The van der Waals surface area contributed by atoms with E-state index in [1.807, 2.05) is 0 Å². The molecule has 1 N–H and O–H groups in total. The molecule has 0 aliphatic heterocycles. The second kappa shape index (κ2) is 5.09. The summed E-state index contributed by atoms with van der Waals surface area (Å²) in [6, 6.07) is 5.82. The van der Waals surface area contributed by atoms with Gasteiger partial charge in [-0.15, -0.1) is 10.2 Å². The van der Waals surface area contributed by atoms with E-state index in [-0.39, 0.29) is 16.7 Å². The van der Waals surface area contributed by atoms with Crippen LogP contribution in [0.1, 0.15) is 9.80 Å². The Morgan fingerprint density at radius 1 is 1.44 bits per heavy atom. The summed E-state index contributed by atoms with van der Waals surface area (Å²) in [5.41, 5.74) is 0.473. The Hall–Kier alpha value is -2.02. The van der Waals surface area contributed by atoms with Gasteiger partial charge in [-0.2, -0.15) is 0 Å². The Kier molecular flexibility index (Phi) is 3.52. The van der Waals surface area contributed by atoms with Crippen LogP contribution in [0.2, 0.25) is 0 Å². The summed E-state index contributed by atoms with van der Waals surface area (Å²) in [6.07, 6.45) is 0. The van der Waals surface area contributed by atoms with Crippen LogP contribution < -0.4 is 10.2 Å². The van der Waals surface area contributed by atoms with Crippen LogP contribution in [0, 0.1) is 5.82 Å². The minimum Gasteiger partial charge on any atom is -0.363 e. The van der Waals surface area contributed by atoms with Crippen LogP contribution in [-0.4, -0.2) is 30.2 Å². The molecule has 0 atom stereocenters. The van der Waals surface area contributed by atoms with E-state index in [9.17, 15) is 9.18 Å². The largest absolute Gasteiger partial charge is 0.363 e. The molecular weight excluding hydrogens is 255 g/mol. The second-order valence-electron chi connectivity index (χ2n) is 3.51. The molecule has 0 bridgehead atoms. The average Bonchev–Trinajstić information content (AvgIpc) is 2.85. The van der Waals surface area contributed by atoms with Gasteiger partial charge in [0.2, 0.25) is 10.1 Å². The van der Waals surface area contributed by atoms with Gasteiger partial charge in [-0.25, -0.2) is 4.39 Å². The Morgan fingerprint density at radius 2 is 2.22 bits per heavy atom. The molecule has 0 radical (unpaired) electrons. The SMILES string of the molecule is CNc1nnc(C(=O)N(C)c2cccc(F)c2)s1. The fourth-order valence-corrected chi connectivity index (χ4v) is 2.03. The van der Waals surface area contributed by atoms with Gasteiger partial charge < -0.3 is 10.2 Å². The number of hydrogen-bond donors (Lipinski definition) is 1. The summed E-state index contributed by atoms with van der Waals surface area (Å²) in [6.45, 7) is 0. The average molecular weight is 266 g/mol. The third kappa shape index (κ3) is 2.45. The molecule has 2 rings (SSSR count). The summed E-state index contributed by atoms with van der Waals surface area (Å²) in [7, 11) is 3.27. The van der Waals surface area contributed by atoms with E-state index in [2.05, 4.69) is 15.5 Å². The highest BCUT2D eigenvalue weighted by Gasteiger charge is 2.18. The first-order chi connectivity index (χ1) is 8.61. The molecule has 1 aromatic heterocycles. The summed E-state index contributed by atoms with van der Waals surface area (Å²) in [5, 5.41) is 11.2. The third-order valence-electron chi connectivity index (χ3n) is 2.32. The highest BCUT2D eigenvalue weighted by molar-refractivity contribution is 7.17. The zero-order valence-electron chi connectivity index (χ0n) is 9.85.